The van der Waals surface area contributed by atoms with Crippen LogP contribution in [0.4, 0.5) is 0 Å². The molecule has 82 valence electrons. The van der Waals surface area contributed by atoms with E-state index in [1.165, 1.54) is 6.20 Å². The molecule has 0 aromatic carbocycles. The molecule has 0 aliphatic heterocycles. The van der Waals surface area contributed by atoms with Crippen LogP contribution in [0.3, 0.4) is 0 Å². The fourth-order valence-electron chi connectivity index (χ4n) is 1.06. The highest BCUT2D eigenvalue weighted by Gasteiger charge is 2.09. The van der Waals surface area contributed by atoms with Crippen LogP contribution in [0.2, 0.25) is 0 Å². The van der Waals surface area contributed by atoms with E-state index in [0.29, 0.717) is 12.5 Å². The summed E-state index contributed by atoms with van der Waals surface area (Å²) in [5, 5.41) is 8.97. The molecule has 0 saturated heterocycles. The Morgan fingerprint density at radius 3 is 2.57 bits per heavy atom. The van der Waals surface area contributed by atoms with Gasteiger partial charge in [-0.2, -0.15) is 0 Å². The van der Waals surface area contributed by atoms with Gasteiger partial charge in [0, 0.05) is 26.8 Å². The van der Waals surface area contributed by atoms with E-state index in [2.05, 4.69) is 11.6 Å². The van der Waals surface area contributed by atoms with E-state index in [1.54, 1.807) is 11.9 Å². The molecule has 0 rings (SSSR count). The molecule has 0 radical (unpaired) electrons. The zero-order chi connectivity index (χ0) is 11.0. The average Bonchev–Trinajstić information content (AvgIpc) is 2.21. The molecular formula is C9H20N4O. The fourth-order valence-corrected chi connectivity index (χ4v) is 1.06. The van der Waals surface area contributed by atoms with Gasteiger partial charge in [0.05, 0.1) is 0 Å². The second-order valence-electron chi connectivity index (χ2n) is 3.01. The van der Waals surface area contributed by atoms with Crippen molar-refractivity contribution in [3.8, 4) is 0 Å². The lowest BCUT2D eigenvalue weighted by Gasteiger charge is -2.27. The van der Waals surface area contributed by atoms with Crippen molar-refractivity contribution in [1.82, 2.24) is 9.80 Å². The Labute approximate surface area is 85.5 Å². The molecule has 5 heteroatoms. The Hall–Kier alpha value is -1.07. The average molecular weight is 200 g/mol. The van der Waals surface area contributed by atoms with Crippen LogP contribution >= 0.6 is 0 Å². The lowest BCUT2D eigenvalue weighted by atomic mass is 10.4. The third-order valence-electron chi connectivity index (χ3n) is 1.80. The molecule has 0 saturated carbocycles. The van der Waals surface area contributed by atoms with Crippen molar-refractivity contribution < 1.29 is 5.11 Å². The van der Waals surface area contributed by atoms with E-state index < -0.39 is 0 Å². The van der Waals surface area contributed by atoms with E-state index in [1.807, 2.05) is 11.9 Å². The fraction of sp³-hybridized carbons (Fsp3) is 0.667. The van der Waals surface area contributed by atoms with Crippen molar-refractivity contribution in [1.29, 1.82) is 0 Å². The molecule has 0 aliphatic rings. The number of nitrogens with zero attached hydrogens (tertiary/aromatic N) is 3. The second-order valence-corrected chi connectivity index (χ2v) is 3.01. The van der Waals surface area contributed by atoms with Crippen LogP contribution in [-0.2, 0) is 0 Å². The number of aliphatic hydroxyl groups is 1. The minimum Gasteiger partial charge on any atom is -0.376 e. The first-order valence-corrected chi connectivity index (χ1v) is 4.59. The standard InChI is InChI=1S/C9H20N4O/c1-4-11-9(13(3)8-14)12(2)7-5-6-10/h4,14H,1,5-8,10H2,2-3H3. The molecule has 0 fully saturated rings. The lowest BCUT2D eigenvalue weighted by Crippen LogP contribution is -2.41. The quantitative estimate of drug-likeness (QED) is 0.362. The summed E-state index contributed by atoms with van der Waals surface area (Å²) < 4.78 is 0. The second kappa shape index (κ2) is 7.34. The first kappa shape index (κ1) is 12.9. The zero-order valence-corrected chi connectivity index (χ0v) is 8.98. The largest absolute Gasteiger partial charge is 0.376 e. The summed E-state index contributed by atoms with van der Waals surface area (Å²) in [4.78, 5) is 7.65. The van der Waals surface area contributed by atoms with Gasteiger partial charge in [0.2, 0.25) is 5.96 Å². The van der Waals surface area contributed by atoms with Gasteiger partial charge in [-0.15, -0.1) is 0 Å². The molecule has 0 amide bonds. The summed E-state index contributed by atoms with van der Waals surface area (Å²) in [7, 11) is 3.67. The molecule has 14 heavy (non-hydrogen) atoms. The Bertz CT molecular complexity index is 193. The summed E-state index contributed by atoms with van der Waals surface area (Å²) in [5.74, 6) is 0.691. The number of guanidine groups is 1. The highest BCUT2D eigenvalue weighted by Crippen LogP contribution is 1.95. The van der Waals surface area contributed by atoms with Gasteiger partial charge in [-0.1, -0.05) is 6.58 Å². The maximum absolute atomic E-state index is 8.97. The third-order valence-corrected chi connectivity index (χ3v) is 1.80. The van der Waals surface area contributed by atoms with Crippen LogP contribution in [0.25, 0.3) is 0 Å². The molecule has 0 aliphatic carbocycles. The van der Waals surface area contributed by atoms with Crippen LogP contribution in [0, 0.1) is 0 Å². The predicted octanol–water partition coefficient (Wildman–Crippen LogP) is -0.352. The van der Waals surface area contributed by atoms with Crippen molar-refractivity contribution in [2.75, 3.05) is 33.9 Å². The van der Waals surface area contributed by atoms with Crippen LogP contribution in [0.15, 0.2) is 17.8 Å². The number of hydrogen-bond donors (Lipinski definition) is 2. The smallest absolute Gasteiger partial charge is 0.202 e. The monoisotopic (exact) mass is 200 g/mol. The van der Waals surface area contributed by atoms with Gasteiger partial charge in [0.1, 0.15) is 6.73 Å². The minimum absolute atomic E-state index is 0.0698. The molecular weight excluding hydrogens is 180 g/mol. The summed E-state index contributed by atoms with van der Waals surface area (Å²) in [5.41, 5.74) is 5.41. The van der Waals surface area contributed by atoms with Crippen molar-refractivity contribution >= 4 is 5.96 Å². The van der Waals surface area contributed by atoms with Crippen LogP contribution < -0.4 is 5.73 Å². The Balaban J connectivity index is 4.33. The Kier molecular flexibility index (Phi) is 6.78. The summed E-state index contributed by atoms with van der Waals surface area (Å²) in [6, 6.07) is 0. The molecule has 3 N–H and O–H groups in total. The van der Waals surface area contributed by atoms with E-state index in [0.717, 1.165) is 13.0 Å². The number of hydrogen-bond acceptors (Lipinski definition) is 3. The van der Waals surface area contributed by atoms with Gasteiger partial charge in [-0.05, 0) is 13.0 Å². The van der Waals surface area contributed by atoms with Gasteiger partial charge < -0.3 is 20.6 Å². The van der Waals surface area contributed by atoms with Gasteiger partial charge in [-0.3, -0.25) is 0 Å². The van der Waals surface area contributed by atoms with Gasteiger partial charge in [0.25, 0.3) is 0 Å². The number of aliphatic hydroxyl groups excluding tert-OH is 1. The maximum Gasteiger partial charge on any atom is 0.202 e. The molecule has 0 unspecified atom stereocenters. The van der Waals surface area contributed by atoms with Gasteiger partial charge in [-0.25, -0.2) is 4.99 Å². The normalized spacial score (nSPS) is 11.3. The molecule has 0 atom stereocenters. The van der Waals surface area contributed by atoms with E-state index in [4.69, 9.17) is 10.8 Å². The van der Waals surface area contributed by atoms with Gasteiger partial charge >= 0.3 is 0 Å². The van der Waals surface area contributed by atoms with Crippen molar-refractivity contribution in [3.63, 3.8) is 0 Å². The topological polar surface area (TPSA) is 65.1 Å². The molecule has 5 nitrogen and oxygen atoms in total. The van der Waals surface area contributed by atoms with Crippen LogP contribution in [0.1, 0.15) is 6.42 Å². The zero-order valence-electron chi connectivity index (χ0n) is 8.98. The predicted molar refractivity (Wildman–Crippen MR) is 58.8 cm³/mol. The molecule has 0 spiro atoms. The lowest BCUT2D eigenvalue weighted by molar-refractivity contribution is 0.178. The molecule has 0 aromatic heterocycles. The maximum atomic E-state index is 8.97. The number of rotatable bonds is 5. The molecule has 0 bridgehead atoms. The first-order valence-electron chi connectivity index (χ1n) is 4.59. The highest BCUT2D eigenvalue weighted by molar-refractivity contribution is 5.80. The van der Waals surface area contributed by atoms with Crippen LogP contribution in [-0.4, -0.2) is 54.8 Å². The third kappa shape index (κ3) is 4.25. The van der Waals surface area contributed by atoms with E-state index in [-0.39, 0.29) is 6.73 Å². The summed E-state index contributed by atoms with van der Waals surface area (Å²) in [6.45, 7) is 4.92. The molecule has 0 aromatic rings. The van der Waals surface area contributed by atoms with Crippen molar-refractivity contribution in [3.05, 3.63) is 12.8 Å². The number of aliphatic imine (C=N–C) groups is 1. The van der Waals surface area contributed by atoms with Crippen LogP contribution in [0.5, 0.6) is 0 Å². The van der Waals surface area contributed by atoms with E-state index in [9.17, 15) is 0 Å². The highest BCUT2D eigenvalue weighted by atomic mass is 16.3. The summed E-state index contributed by atoms with van der Waals surface area (Å²) >= 11 is 0. The first-order chi connectivity index (χ1) is 6.67. The Morgan fingerprint density at radius 1 is 1.50 bits per heavy atom. The minimum atomic E-state index is -0.0698. The molecule has 0 heterocycles. The Morgan fingerprint density at radius 2 is 2.14 bits per heavy atom. The van der Waals surface area contributed by atoms with Crippen molar-refractivity contribution in [2.24, 2.45) is 10.7 Å². The van der Waals surface area contributed by atoms with Crippen molar-refractivity contribution in [2.45, 2.75) is 6.42 Å². The SMILES string of the molecule is C=CN=C(N(C)CO)N(C)CCCN. The van der Waals surface area contributed by atoms with E-state index >= 15 is 0 Å². The number of nitrogens with two attached hydrogens (primary N) is 1. The summed E-state index contributed by atoms with van der Waals surface area (Å²) in [6.07, 6.45) is 2.35. The van der Waals surface area contributed by atoms with Gasteiger partial charge in [0.15, 0.2) is 0 Å².